The molecule has 3 aromatic rings. The third kappa shape index (κ3) is 3.78. The van der Waals surface area contributed by atoms with Crippen molar-refractivity contribution in [1.82, 2.24) is 9.88 Å². The molecule has 33 heavy (non-hydrogen) atoms. The van der Waals surface area contributed by atoms with E-state index in [-0.39, 0.29) is 24.3 Å². The number of carbonyl (C=O) groups is 3. The van der Waals surface area contributed by atoms with Crippen LogP contribution in [0.25, 0.3) is 5.57 Å². The van der Waals surface area contributed by atoms with Crippen LogP contribution in [-0.4, -0.2) is 34.2 Å². The molecule has 1 aromatic heterocycles. The Morgan fingerprint density at radius 1 is 1.00 bits per heavy atom. The molecule has 0 bridgehead atoms. The van der Waals surface area contributed by atoms with Gasteiger partial charge in [-0.25, -0.2) is 0 Å². The number of imide groups is 1. The first-order chi connectivity index (χ1) is 16.0. The number of fused-ring (bicyclic) bond motifs is 1. The Morgan fingerprint density at radius 3 is 2.52 bits per heavy atom. The van der Waals surface area contributed by atoms with Crippen LogP contribution in [0, 0.1) is 0 Å². The quantitative estimate of drug-likeness (QED) is 0.618. The van der Waals surface area contributed by atoms with Crippen LogP contribution in [0.5, 0.6) is 0 Å². The number of carbonyl (C=O) groups excluding carboxylic acids is 3. The number of nitrogens with zero attached hydrogens (tertiary/aromatic N) is 3. The first-order valence-electron chi connectivity index (χ1n) is 10.8. The van der Waals surface area contributed by atoms with Gasteiger partial charge in [-0.05, 0) is 47.4 Å². The highest BCUT2D eigenvalue weighted by atomic mass is 16.2. The van der Waals surface area contributed by atoms with Crippen molar-refractivity contribution in [3.05, 3.63) is 95.4 Å². The van der Waals surface area contributed by atoms with Gasteiger partial charge in [-0.2, -0.15) is 0 Å². The molecule has 1 N–H and O–H groups in total. The number of amides is 3. The zero-order chi connectivity index (χ0) is 22.9. The minimum Gasteiger partial charge on any atom is -0.336 e. The number of nitrogens with one attached hydrogen (secondary N) is 1. The lowest BCUT2D eigenvalue weighted by atomic mass is 10.0. The number of anilines is 2. The van der Waals surface area contributed by atoms with Gasteiger partial charge in [0.25, 0.3) is 11.8 Å². The average Bonchev–Trinajstić information content (AvgIpc) is 3.34. The molecule has 0 saturated carbocycles. The molecule has 0 unspecified atom stereocenters. The molecule has 0 aliphatic carbocycles. The molecule has 2 aliphatic rings. The molecule has 7 heteroatoms. The van der Waals surface area contributed by atoms with E-state index in [4.69, 9.17) is 0 Å². The van der Waals surface area contributed by atoms with Gasteiger partial charge in [-0.1, -0.05) is 36.4 Å². The van der Waals surface area contributed by atoms with Crippen LogP contribution in [0.3, 0.4) is 0 Å². The Labute approximate surface area is 191 Å². The molecule has 0 atom stereocenters. The number of hydrogen-bond donors (Lipinski definition) is 1. The van der Waals surface area contributed by atoms with Gasteiger partial charge in [0.15, 0.2) is 0 Å². The second-order valence-electron chi connectivity index (χ2n) is 8.07. The summed E-state index contributed by atoms with van der Waals surface area (Å²) in [6, 6.07) is 18.6. The lowest BCUT2D eigenvalue weighted by Crippen LogP contribution is -2.34. The first-order valence-corrected chi connectivity index (χ1v) is 10.8. The smallest absolute Gasteiger partial charge is 0.278 e. The molecule has 7 nitrogen and oxygen atoms in total. The highest BCUT2D eigenvalue weighted by Crippen LogP contribution is 2.39. The maximum Gasteiger partial charge on any atom is 0.278 e. The first kappa shape index (κ1) is 20.6. The van der Waals surface area contributed by atoms with Gasteiger partial charge >= 0.3 is 0 Å². The molecule has 3 heterocycles. The van der Waals surface area contributed by atoms with E-state index >= 15 is 0 Å². The number of hydrogen-bond acceptors (Lipinski definition) is 5. The summed E-state index contributed by atoms with van der Waals surface area (Å²) >= 11 is 0. The van der Waals surface area contributed by atoms with E-state index in [0.29, 0.717) is 29.1 Å². The third-order valence-corrected chi connectivity index (χ3v) is 5.86. The maximum absolute atomic E-state index is 13.6. The van der Waals surface area contributed by atoms with Crippen LogP contribution in [-0.2, 0) is 27.3 Å². The van der Waals surface area contributed by atoms with Gasteiger partial charge in [0.2, 0.25) is 5.91 Å². The van der Waals surface area contributed by atoms with E-state index in [1.54, 1.807) is 42.7 Å². The number of pyridine rings is 1. The van der Waals surface area contributed by atoms with E-state index in [1.165, 1.54) is 11.8 Å². The highest BCUT2D eigenvalue weighted by molar-refractivity contribution is 6.36. The van der Waals surface area contributed by atoms with Crippen molar-refractivity contribution in [3.63, 3.8) is 0 Å². The van der Waals surface area contributed by atoms with Crippen LogP contribution >= 0.6 is 0 Å². The fraction of sp³-hybridized carbons (Fsp3) is 0.154. The summed E-state index contributed by atoms with van der Waals surface area (Å²) in [4.78, 5) is 45.9. The van der Waals surface area contributed by atoms with E-state index < -0.39 is 0 Å². The fourth-order valence-electron chi connectivity index (χ4n) is 4.39. The molecule has 0 saturated heterocycles. The average molecular weight is 438 g/mol. The largest absolute Gasteiger partial charge is 0.336 e. The monoisotopic (exact) mass is 438 g/mol. The second kappa shape index (κ2) is 8.35. The van der Waals surface area contributed by atoms with Crippen molar-refractivity contribution < 1.29 is 14.4 Å². The zero-order valence-corrected chi connectivity index (χ0v) is 18.1. The Balaban J connectivity index is 1.58. The summed E-state index contributed by atoms with van der Waals surface area (Å²) in [6.45, 7) is 2.22. The van der Waals surface area contributed by atoms with Crippen LogP contribution in [0.1, 0.15) is 23.6 Å². The number of benzene rings is 2. The Kier molecular flexibility index (Phi) is 5.22. The van der Waals surface area contributed by atoms with E-state index in [0.717, 1.165) is 23.2 Å². The normalized spacial score (nSPS) is 15.3. The predicted octanol–water partition coefficient (Wildman–Crippen LogP) is 3.38. The molecular formula is C26H22N4O3. The molecule has 2 aromatic carbocycles. The van der Waals surface area contributed by atoms with Crippen molar-refractivity contribution >= 4 is 34.7 Å². The van der Waals surface area contributed by atoms with E-state index in [1.807, 2.05) is 35.2 Å². The summed E-state index contributed by atoms with van der Waals surface area (Å²) in [5.41, 5.74) is 4.90. The van der Waals surface area contributed by atoms with Crippen LogP contribution in [0.15, 0.2) is 78.8 Å². The molecular weight excluding hydrogens is 416 g/mol. The summed E-state index contributed by atoms with van der Waals surface area (Å²) < 4.78 is 0. The van der Waals surface area contributed by atoms with Crippen LogP contribution in [0.2, 0.25) is 0 Å². The molecule has 0 fully saturated rings. The molecule has 0 spiro atoms. The zero-order valence-electron chi connectivity index (χ0n) is 18.1. The Hall–Kier alpha value is -4.26. The summed E-state index contributed by atoms with van der Waals surface area (Å²) in [7, 11) is 0. The van der Waals surface area contributed by atoms with Crippen LogP contribution in [0.4, 0.5) is 11.4 Å². The van der Waals surface area contributed by atoms with Gasteiger partial charge in [-0.3, -0.25) is 24.3 Å². The fourth-order valence-corrected chi connectivity index (χ4v) is 4.39. The molecule has 3 amide bonds. The standard InChI is InChI=1S/C26H22N4O3/c1-17(31)28-21-10-8-20(9-11-21)23-24(29-14-12-19-6-2-3-7-22(19)29)26(33)30(25(23)32)16-18-5-4-13-27-15-18/h2-11,13,15H,12,14,16H2,1H3,(H,28,31). The summed E-state index contributed by atoms with van der Waals surface area (Å²) in [6.07, 6.45) is 4.12. The third-order valence-electron chi connectivity index (χ3n) is 5.86. The summed E-state index contributed by atoms with van der Waals surface area (Å²) in [5, 5.41) is 2.73. The van der Waals surface area contributed by atoms with Crippen molar-refractivity contribution in [2.45, 2.75) is 19.9 Å². The minimum atomic E-state index is -0.337. The number of aromatic nitrogens is 1. The lowest BCUT2D eigenvalue weighted by molar-refractivity contribution is -0.137. The van der Waals surface area contributed by atoms with Crippen molar-refractivity contribution in [2.75, 3.05) is 16.8 Å². The number of para-hydroxylation sites is 1. The van der Waals surface area contributed by atoms with Gasteiger partial charge in [0, 0.05) is 37.2 Å². The Bertz CT molecular complexity index is 1280. The SMILES string of the molecule is CC(=O)Nc1ccc(C2=C(N3CCc4ccccc43)C(=O)N(Cc3cccnc3)C2=O)cc1. The van der Waals surface area contributed by atoms with Gasteiger partial charge in [0.1, 0.15) is 5.70 Å². The number of rotatable bonds is 5. The molecule has 0 radical (unpaired) electrons. The Morgan fingerprint density at radius 2 is 1.79 bits per heavy atom. The summed E-state index contributed by atoms with van der Waals surface area (Å²) in [5.74, 6) is -0.830. The minimum absolute atomic E-state index is 0.151. The second-order valence-corrected chi connectivity index (χ2v) is 8.07. The van der Waals surface area contributed by atoms with E-state index in [9.17, 15) is 14.4 Å². The van der Waals surface area contributed by atoms with Crippen molar-refractivity contribution in [3.8, 4) is 0 Å². The van der Waals surface area contributed by atoms with Gasteiger partial charge in [-0.15, -0.1) is 0 Å². The molecule has 164 valence electrons. The van der Waals surface area contributed by atoms with E-state index in [2.05, 4.69) is 10.3 Å². The predicted molar refractivity (Wildman–Crippen MR) is 125 cm³/mol. The van der Waals surface area contributed by atoms with Crippen molar-refractivity contribution in [1.29, 1.82) is 0 Å². The molecule has 2 aliphatic heterocycles. The lowest BCUT2D eigenvalue weighted by Gasteiger charge is -2.21. The highest BCUT2D eigenvalue weighted by Gasteiger charge is 2.43. The van der Waals surface area contributed by atoms with Gasteiger partial charge < -0.3 is 10.2 Å². The maximum atomic E-state index is 13.6. The van der Waals surface area contributed by atoms with Crippen LogP contribution < -0.4 is 10.2 Å². The van der Waals surface area contributed by atoms with Gasteiger partial charge in [0.05, 0.1) is 12.1 Å². The molecule has 5 rings (SSSR count). The topological polar surface area (TPSA) is 82.6 Å². The van der Waals surface area contributed by atoms with Crippen molar-refractivity contribution in [2.24, 2.45) is 0 Å².